The second-order valence-corrected chi connectivity index (χ2v) is 8.77. The Labute approximate surface area is 192 Å². The summed E-state index contributed by atoms with van der Waals surface area (Å²) in [6.45, 7) is 5.95. The highest BCUT2D eigenvalue weighted by molar-refractivity contribution is 6.08. The van der Waals surface area contributed by atoms with E-state index in [9.17, 15) is 9.59 Å². The number of rotatable bonds is 5. The molecule has 0 saturated heterocycles. The third-order valence-electron chi connectivity index (χ3n) is 6.78. The zero-order valence-corrected chi connectivity index (χ0v) is 19.2. The molecule has 33 heavy (non-hydrogen) atoms. The van der Waals surface area contributed by atoms with E-state index in [1.165, 1.54) is 6.42 Å². The standard InChI is InChI=1S/C27H29N3O3/c1-3-30(4-2)18-14-15-21-22(16-18)33-26-23(27(32)28-17-10-6-5-7-11-17)25(31)20-13-9-8-12-19(20)24(26)29-21/h8-9,12-17H,3-7,10-11H2,1-2H3,(H,28,32). The number of amides is 1. The number of aromatic nitrogens is 1. The first-order valence-electron chi connectivity index (χ1n) is 12.0. The molecule has 2 aromatic carbocycles. The van der Waals surface area contributed by atoms with Crippen LogP contribution in [0.15, 0.2) is 51.7 Å². The number of hydrogen-bond acceptors (Lipinski definition) is 5. The van der Waals surface area contributed by atoms with Crippen LogP contribution < -0.4 is 15.6 Å². The van der Waals surface area contributed by atoms with Crippen LogP contribution >= 0.6 is 0 Å². The number of hydrogen-bond donors (Lipinski definition) is 1. The number of nitrogens with one attached hydrogen (secondary N) is 1. The van der Waals surface area contributed by atoms with E-state index in [1.54, 1.807) is 6.07 Å². The van der Waals surface area contributed by atoms with Gasteiger partial charge < -0.3 is 14.6 Å². The lowest BCUT2D eigenvalue weighted by atomic mass is 9.94. The smallest absolute Gasteiger partial charge is 0.259 e. The third-order valence-corrected chi connectivity index (χ3v) is 6.78. The Hall–Kier alpha value is -3.41. The molecular weight excluding hydrogens is 414 g/mol. The van der Waals surface area contributed by atoms with Crippen molar-refractivity contribution in [2.24, 2.45) is 0 Å². The van der Waals surface area contributed by atoms with Gasteiger partial charge in [0, 0.05) is 41.7 Å². The molecule has 3 aliphatic rings. The first kappa shape index (κ1) is 21.4. The van der Waals surface area contributed by atoms with Crippen LogP contribution in [0.5, 0.6) is 0 Å². The second-order valence-electron chi connectivity index (χ2n) is 8.77. The fourth-order valence-corrected chi connectivity index (χ4v) is 4.98. The molecule has 170 valence electrons. The molecule has 1 amide bonds. The molecule has 1 heterocycles. The molecule has 5 rings (SSSR count). The quantitative estimate of drug-likeness (QED) is 0.332. The van der Waals surface area contributed by atoms with Crippen LogP contribution in [0.1, 0.15) is 56.3 Å². The van der Waals surface area contributed by atoms with Crippen LogP contribution in [0.4, 0.5) is 5.69 Å². The van der Waals surface area contributed by atoms with Gasteiger partial charge in [0.2, 0.25) is 5.43 Å². The Morgan fingerprint density at radius 2 is 1.79 bits per heavy atom. The van der Waals surface area contributed by atoms with Gasteiger partial charge in [-0.25, -0.2) is 4.98 Å². The highest BCUT2D eigenvalue weighted by Gasteiger charge is 2.28. The molecule has 0 atom stereocenters. The first-order valence-corrected chi connectivity index (χ1v) is 12.0. The molecule has 1 N–H and O–H groups in total. The van der Waals surface area contributed by atoms with E-state index in [2.05, 4.69) is 24.1 Å². The summed E-state index contributed by atoms with van der Waals surface area (Å²) in [7, 11) is 0. The van der Waals surface area contributed by atoms with Crippen molar-refractivity contribution >= 4 is 33.5 Å². The van der Waals surface area contributed by atoms with E-state index >= 15 is 0 Å². The van der Waals surface area contributed by atoms with E-state index in [0.717, 1.165) is 44.5 Å². The van der Waals surface area contributed by atoms with Gasteiger partial charge in [0.15, 0.2) is 11.3 Å². The second kappa shape index (κ2) is 8.85. The van der Waals surface area contributed by atoms with E-state index in [4.69, 9.17) is 9.40 Å². The van der Waals surface area contributed by atoms with Gasteiger partial charge in [0.25, 0.3) is 5.91 Å². The number of fused-ring (bicyclic) bond motifs is 4. The summed E-state index contributed by atoms with van der Waals surface area (Å²) in [6, 6.07) is 13.3. The van der Waals surface area contributed by atoms with Gasteiger partial charge in [-0.1, -0.05) is 43.5 Å². The Bertz CT molecular complexity index is 1350. The van der Waals surface area contributed by atoms with Crippen molar-refractivity contribution in [3.8, 4) is 11.5 Å². The van der Waals surface area contributed by atoms with Crippen LogP contribution in [0.25, 0.3) is 33.3 Å². The Morgan fingerprint density at radius 1 is 1.06 bits per heavy atom. The number of carbonyl (C=O) groups is 1. The lowest BCUT2D eigenvalue weighted by Gasteiger charge is -2.23. The van der Waals surface area contributed by atoms with Crippen molar-refractivity contribution in [2.45, 2.75) is 52.0 Å². The highest BCUT2D eigenvalue weighted by atomic mass is 16.3. The van der Waals surface area contributed by atoms with E-state index in [0.29, 0.717) is 27.6 Å². The summed E-state index contributed by atoms with van der Waals surface area (Å²) in [4.78, 5) is 33.9. The van der Waals surface area contributed by atoms with Crippen molar-refractivity contribution in [3.63, 3.8) is 0 Å². The SMILES string of the molecule is CCN(CC)c1ccc2nc3c4ccccc4c(=O)c(C(=O)NC4CCCCC4)c-3oc2c1. The van der Waals surface area contributed by atoms with Crippen molar-refractivity contribution < 1.29 is 9.21 Å². The van der Waals surface area contributed by atoms with Crippen molar-refractivity contribution in [2.75, 3.05) is 18.0 Å². The number of benzene rings is 3. The predicted octanol–water partition coefficient (Wildman–Crippen LogP) is 5.35. The van der Waals surface area contributed by atoms with Crippen LogP contribution in [0, 0.1) is 0 Å². The summed E-state index contributed by atoms with van der Waals surface area (Å²) in [5, 5.41) is 4.28. The molecular formula is C27H29N3O3. The normalized spacial score (nSPS) is 14.7. The molecule has 0 radical (unpaired) electrons. The minimum absolute atomic E-state index is 0.0527. The molecule has 0 spiro atoms. The lowest BCUT2D eigenvalue weighted by molar-refractivity contribution is 0.0926. The maximum atomic E-state index is 13.5. The van der Waals surface area contributed by atoms with Gasteiger partial charge in [0.1, 0.15) is 16.8 Å². The van der Waals surface area contributed by atoms with Gasteiger partial charge in [-0.05, 0) is 38.8 Å². The monoisotopic (exact) mass is 443 g/mol. The van der Waals surface area contributed by atoms with Crippen LogP contribution in [0.3, 0.4) is 0 Å². The van der Waals surface area contributed by atoms with E-state index < -0.39 is 0 Å². The van der Waals surface area contributed by atoms with Crippen molar-refractivity contribution in [1.29, 1.82) is 0 Å². The van der Waals surface area contributed by atoms with Gasteiger partial charge in [0.05, 0.1) is 0 Å². The van der Waals surface area contributed by atoms with Crippen molar-refractivity contribution in [1.82, 2.24) is 10.3 Å². The van der Waals surface area contributed by atoms with Crippen molar-refractivity contribution in [3.05, 3.63) is 58.3 Å². The fraction of sp³-hybridized carbons (Fsp3) is 0.370. The number of nitrogens with zero attached hydrogens (tertiary/aromatic N) is 2. The minimum atomic E-state index is -0.368. The van der Waals surface area contributed by atoms with E-state index in [-0.39, 0.29) is 28.7 Å². The fourth-order valence-electron chi connectivity index (χ4n) is 4.98. The zero-order chi connectivity index (χ0) is 22.9. The minimum Gasteiger partial charge on any atom is -0.452 e. The average molecular weight is 444 g/mol. The first-order chi connectivity index (χ1) is 16.1. The summed E-state index contributed by atoms with van der Waals surface area (Å²) < 4.78 is 6.31. The Balaban J connectivity index is 1.73. The van der Waals surface area contributed by atoms with Gasteiger partial charge >= 0.3 is 0 Å². The molecule has 2 aromatic rings. The topological polar surface area (TPSA) is 75.4 Å². The Morgan fingerprint density at radius 3 is 2.52 bits per heavy atom. The number of anilines is 1. The molecule has 1 aliphatic heterocycles. The summed E-state index contributed by atoms with van der Waals surface area (Å²) in [6.07, 6.45) is 5.27. The molecule has 2 aliphatic carbocycles. The highest BCUT2D eigenvalue weighted by Crippen LogP contribution is 2.34. The average Bonchev–Trinajstić information content (AvgIpc) is 2.84. The zero-order valence-electron chi connectivity index (χ0n) is 19.2. The summed E-state index contributed by atoms with van der Waals surface area (Å²) >= 11 is 0. The van der Waals surface area contributed by atoms with E-state index in [1.807, 2.05) is 36.4 Å². The lowest BCUT2D eigenvalue weighted by Crippen LogP contribution is -2.38. The molecule has 0 bridgehead atoms. The molecule has 1 fully saturated rings. The molecule has 0 unspecified atom stereocenters. The van der Waals surface area contributed by atoms with Crippen LogP contribution in [-0.4, -0.2) is 30.0 Å². The largest absolute Gasteiger partial charge is 0.452 e. The van der Waals surface area contributed by atoms with Gasteiger partial charge in [-0.3, -0.25) is 9.59 Å². The third kappa shape index (κ3) is 3.84. The van der Waals surface area contributed by atoms with Crippen LogP contribution in [0.2, 0.25) is 0 Å². The molecule has 6 heteroatoms. The molecule has 0 aromatic heterocycles. The van der Waals surface area contributed by atoms with Gasteiger partial charge in [-0.2, -0.15) is 0 Å². The maximum Gasteiger partial charge on any atom is 0.259 e. The predicted molar refractivity (Wildman–Crippen MR) is 132 cm³/mol. The number of carbonyl (C=O) groups excluding carboxylic acids is 1. The molecule has 1 saturated carbocycles. The summed E-state index contributed by atoms with van der Waals surface area (Å²) in [5.74, 6) is -0.108. The summed E-state index contributed by atoms with van der Waals surface area (Å²) in [5.41, 5.74) is 2.57. The van der Waals surface area contributed by atoms with Crippen LogP contribution in [-0.2, 0) is 0 Å². The maximum absolute atomic E-state index is 13.5. The Kier molecular flexibility index (Phi) is 5.75. The van der Waals surface area contributed by atoms with Gasteiger partial charge in [-0.15, -0.1) is 0 Å². The molecule has 6 nitrogen and oxygen atoms in total.